The van der Waals surface area contributed by atoms with Gasteiger partial charge in [0.15, 0.2) is 0 Å². The van der Waals surface area contributed by atoms with Crippen LogP contribution in [0.1, 0.15) is 30.1 Å². The summed E-state index contributed by atoms with van der Waals surface area (Å²) in [5.74, 6) is 0.114. The molecule has 1 nitrogen and oxygen atoms in total. The lowest BCUT2D eigenvalue weighted by Crippen LogP contribution is -2.07. The van der Waals surface area contributed by atoms with E-state index in [-0.39, 0.29) is 5.92 Å². The molecule has 0 radical (unpaired) electrons. The Labute approximate surface area is 109 Å². The van der Waals surface area contributed by atoms with Crippen molar-refractivity contribution < 1.29 is 5.11 Å². The highest BCUT2D eigenvalue weighted by atomic mass is 16.3. The highest BCUT2D eigenvalue weighted by Gasteiger charge is 2.17. The van der Waals surface area contributed by atoms with Crippen LogP contribution in [0.2, 0.25) is 0 Å². The monoisotopic (exact) mass is 238 g/mol. The third-order valence-corrected chi connectivity index (χ3v) is 2.94. The van der Waals surface area contributed by atoms with E-state index in [9.17, 15) is 5.11 Å². The Hall–Kier alpha value is -2.04. The number of terminal acetylenes is 1. The lowest BCUT2D eigenvalue weighted by atomic mass is 9.91. The van der Waals surface area contributed by atoms with Crippen LogP contribution < -0.4 is 0 Å². The Morgan fingerprint density at radius 3 is 1.61 bits per heavy atom. The van der Waals surface area contributed by atoms with Crippen LogP contribution in [-0.4, -0.2) is 5.11 Å². The van der Waals surface area contributed by atoms with Crippen LogP contribution >= 0.6 is 0 Å². The fourth-order valence-corrected chi connectivity index (χ4v) is 1.88. The van der Waals surface area contributed by atoms with Crippen molar-refractivity contribution in [3.63, 3.8) is 0 Å². The fourth-order valence-electron chi connectivity index (χ4n) is 1.88. The number of hydrogen-bond acceptors (Lipinski definition) is 1. The van der Waals surface area contributed by atoms with Crippen LogP contribution in [-0.2, 0) is 0 Å². The number of aliphatic hydroxyl groups excluding tert-OH is 1. The highest BCUT2D eigenvalue weighted by Crippen LogP contribution is 2.29. The Morgan fingerprint density at radius 2 is 1.17 bits per heavy atom. The molecule has 2 atom stereocenters. The van der Waals surface area contributed by atoms with E-state index in [1.165, 1.54) is 5.56 Å². The molecule has 0 aromatic heterocycles. The fraction of sp³-hybridized carbons (Fsp3) is 0.176. The van der Waals surface area contributed by atoms with Crippen molar-refractivity contribution in [3.8, 4) is 12.8 Å². The summed E-state index contributed by atoms with van der Waals surface area (Å²) in [5, 5.41) is 10.2. The first-order valence-electron chi connectivity index (χ1n) is 5.90. The molecule has 0 heterocycles. The molecule has 0 spiro atoms. The number of rotatable bonds is 3. The normalized spacial score (nSPS) is 12.9. The Morgan fingerprint density at radius 1 is 0.778 bits per heavy atom. The largest absolute Gasteiger partial charge is 0.388 e. The summed E-state index contributed by atoms with van der Waals surface area (Å²) < 4.78 is 0. The van der Waals surface area contributed by atoms with E-state index in [4.69, 9.17) is 0 Å². The maximum atomic E-state index is 10.2. The zero-order chi connectivity index (χ0) is 13.4. The van der Waals surface area contributed by atoms with E-state index in [2.05, 4.69) is 25.0 Å². The third kappa shape index (κ3) is 3.48. The van der Waals surface area contributed by atoms with E-state index >= 15 is 0 Å². The summed E-state index contributed by atoms with van der Waals surface area (Å²) in [4.78, 5) is 0. The van der Waals surface area contributed by atoms with E-state index in [1.54, 1.807) is 0 Å². The molecule has 0 fully saturated rings. The van der Waals surface area contributed by atoms with Gasteiger partial charge in [-0.3, -0.25) is 0 Å². The van der Waals surface area contributed by atoms with Gasteiger partial charge in [0.05, 0.1) is 6.10 Å². The molecule has 2 rings (SSSR count). The molecule has 92 valence electrons. The van der Waals surface area contributed by atoms with Crippen LogP contribution in [0.5, 0.6) is 0 Å². The van der Waals surface area contributed by atoms with Crippen LogP contribution in [0.4, 0.5) is 0 Å². The van der Waals surface area contributed by atoms with E-state index in [1.807, 2.05) is 55.5 Å². The lowest BCUT2D eigenvalue weighted by molar-refractivity contribution is 0.151. The summed E-state index contributed by atoms with van der Waals surface area (Å²) in [7, 11) is 0. The first-order valence-corrected chi connectivity index (χ1v) is 5.90. The van der Waals surface area contributed by atoms with Crippen LogP contribution in [0.15, 0.2) is 60.7 Å². The van der Waals surface area contributed by atoms with Gasteiger partial charge in [0.25, 0.3) is 0 Å². The smallest absolute Gasteiger partial charge is 0.0855 e. The van der Waals surface area contributed by atoms with Gasteiger partial charge in [-0.2, -0.15) is 0 Å². The molecule has 2 aromatic carbocycles. The SMILES string of the molecule is C#C.C[C@H](c1ccccc1)C(O)c1ccccc1. The molecule has 0 bridgehead atoms. The molecular formula is C17H18O. The van der Waals surface area contributed by atoms with E-state index < -0.39 is 6.10 Å². The van der Waals surface area contributed by atoms with Crippen molar-refractivity contribution in [2.24, 2.45) is 0 Å². The molecule has 1 unspecified atom stereocenters. The van der Waals surface area contributed by atoms with Crippen molar-refractivity contribution in [3.05, 3.63) is 71.8 Å². The molecule has 0 aliphatic heterocycles. The van der Waals surface area contributed by atoms with Crippen molar-refractivity contribution >= 4 is 0 Å². The van der Waals surface area contributed by atoms with Gasteiger partial charge in [-0.05, 0) is 11.1 Å². The maximum absolute atomic E-state index is 10.2. The quantitative estimate of drug-likeness (QED) is 0.807. The molecule has 18 heavy (non-hydrogen) atoms. The van der Waals surface area contributed by atoms with Gasteiger partial charge in [-0.1, -0.05) is 67.6 Å². The summed E-state index contributed by atoms with van der Waals surface area (Å²) in [6.45, 7) is 2.05. The Bertz CT molecular complexity index is 415. The van der Waals surface area contributed by atoms with Gasteiger partial charge in [-0.25, -0.2) is 0 Å². The average Bonchev–Trinajstić information content (AvgIpc) is 2.49. The van der Waals surface area contributed by atoms with E-state index in [0.29, 0.717) is 0 Å². The topological polar surface area (TPSA) is 20.2 Å². The zero-order valence-electron chi connectivity index (χ0n) is 10.5. The third-order valence-electron chi connectivity index (χ3n) is 2.94. The second-order valence-corrected chi connectivity index (χ2v) is 4.05. The summed E-state index contributed by atoms with van der Waals surface area (Å²) in [5.41, 5.74) is 2.14. The average molecular weight is 238 g/mol. The Kier molecular flexibility index (Phi) is 5.70. The van der Waals surface area contributed by atoms with Gasteiger partial charge in [0, 0.05) is 5.92 Å². The van der Waals surface area contributed by atoms with Crippen molar-refractivity contribution in [2.45, 2.75) is 18.9 Å². The summed E-state index contributed by atoms with van der Waals surface area (Å²) in [6.07, 6.45) is 7.56. The first kappa shape index (κ1) is 14.0. The Balaban J connectivity index is 0.000000771. The molecule has 0 aliphatic carbocycles. The van der Waals surface area contributed by atoms with Gasteiger partial charge >= 0.3 is 0 Å². The summed E-state index contributed by atoms with van der Waals surface area (Å²) >= 11 is 0. The predicted molar refractivity (Wildman–Crippen MR) is 76.1 cm³/mol. The van der Waals surface area contributed by atoms with Crippen LogP contribution in [0.3, 0.4) is 0 Å². The molecule has 0 aliphatic rings. The van der Waals surface area contributed by atoms with E-state index in [0.717, 1.165) is 5.56 Å². The first-order chi connectivity index (χ1) is 8.79. The van der Waals surface area contributed by atoms with Crippen LogP contribution in [0.25, 0.3) is 0 Å². The second kappa shape index (κ2) is 7.32. The number of benzene rings is 2. The van der Waals surface area contributed by atoms with Crippen molar-refractivity contribution in [1.29, 1.82) is 0 Å². The van der Waals surface area contributed by atoms with Gasteiger partial charge in [-0.15, -0.1) is 12.8 Å². The maximum Gasteiger partial charge on any atom is 0.0855 e. The molecule has 1 N–H and O–H groups in total. The molecule has 0 saturated carbocycles. The highest BCUT2D eigenvalue weighted by molar-refractivity contribution is 5.25. The standard InChI is InChI=1S/C15H16O.C2H2/c1-12(13-8-4-2-5-9-13)15(16)14-10-6-3-7-11-14;1-2/h2-12,15-16H,1H3;1-2H/t12-,15?;/m1./s1. The minimum Gasteiger partial charge on any atom is -0.388 e. The lowest BCUT2D eigenvalue weighted by Gasteiger charge is -2.19. The van der Waals surface area contributed by atoms with Crippen LogP contribution in [0, 0.1) is 12.8 Å². The number of aliphatic hydroxyl groups is 1. The van der Waals surface area contributed by atoms with Gasteiger partial charge < -0.3 is 5.11 Å². The van der Waals surface area contributed by atoms with Crippen molar-refractivity contribution in [2.75, 3.05) is 0 Å². The minimum absolute atomic E-state index is 0.114. The van der Waals surface area contributed by atoms with Gasteiger partial charge in [0.1, 0.15) is 0 Å². The summed E-state index contributed by atoms with van der Waals surface area (Å²) in [6, 6.07) is 19.9. The zero-order valence-corrected chi connectivity index (χ0v) is 10.5. The second-order valence-electron chi connectivity index (χ2n) is 4.05. The molecule has 0 saturated heterocycles. The van der Waals surface area contributed by atoms with Gasteiger partial charge in [0.2, 0.25) is 0 Å². The molecule has 0 amide bonds. The minimum atomic E-state index is -0.441. The molecular weight excluding hydrogens is 220 g/mol. The van der Waals surface area contributed by atoms with Crippen molar-refractivity contribution in [1.82, 2.24) is 0 Å². The molecule has 2 aromatic rings. The molecule has 1 heteroatoms. The predicted octanol–water partition coefficient (Wildman–Crippen LogP) is 3.77. The number of hydrogen-bond donors (Lipinski definition) is 1.